The van der Waals surface area contributed by atoms with Gasteiger partial charge >= 0.3 is 0 Å². The smallest absolute Gasteiger partial charge is 0.119 e. The Morgan fingerprint density at radius 3 is 2.78 bits per heavy atom. The molecule has 0 amide bonds. The highest BCUT2D eigenvalue weighted by Gasteiger charge is 2.09. The van der Waals surface area contributed by atoms with Crippen molar-refractivity contribution in [2.24, 2.45) is 0 Å². The predicted molar refractivity (Wildman–Crippen MR) is 75.3 cm³/mol. The summed E-state index contributed by atoms with van der Waals surface area (Å²) in [6, 6.07) is 9.98. The Morgan fingerprint density at radius 2 is 2.11 bits per heavy atom. The Balaban J connectivity index is 1.82. The summed E-state index contributed by atoms with van der Waals surface area (Å²) in [6.45, 7) is 4.61. The average molecular weight is 262 g/mol. The Bertz CT molecular complexity index is 505. The van der Waals surface area contributed by atoms with Crippen molar-refractivity contribution in [1.82, 2.24) is 0 Å². The highest BCUT2D eigenvalue weighted by molar-refractivity contribution is 7.10. The molecular formula is C15H18O2S. The molecule has 1 aromatic carbocycles. The van der Waals surface area contributed by atoms with Crippen LogP contribution in [0.1, 0.15) is 28.5 Å². The molecular weight excluding hydrogens is 244 g/mol. The maximum absolute atomic E-state index is 9.99. The van der Waals surface area contributed by atoms with Crippen LogP contribution < -0.4 is 4.74 Å². The first kappa shape index (κ1) is 13.1. The molecule has 0 spiro atoms. The Morgan fingerprint density at radius 1 is 1.28 bits per heavy atom. The third-order valence-corrected chi connectivity index (χ3v) is 3.66. The quantitative estimate of drug-likeness (QED) is 0.886. The molecule has 0 aliphatic rings. The SMILES string of the molecule is Cc1cccc(OCCC(O)c2csc(C)c2)c1. The lowest BCUT2D eigenvalue weighted by molar-refractivity contribution is 0.141. The number of aliphatic hydroxyl groups excluding tert-OH is 1. The van der Waals surface area contributed by atoms with E-state index in [0.29, 0.717) is 13.0 Å². The van der Waals surface area contributed by atoms with Crippen LogP contribution in [0.3, 0.4) is 0 Å². The van der Waals surface area contributed by atoms with Crippen LogP contribution in [0.4, 0.5) is 0 Å². The van der Waals surface area contributed by atoms with Crippen molar-refractivity contribution in [3.8, 4) is 5.75 Å². The minimum absolute atomic E-state index is 0.431. The molecule has 18 heavy (non-hydrogen) atoms. The molecule has 2 nitrogen and oxygen atoms in total. The van der Waals surface area contributed by atoms with Gasteiger partial charge in [-0.3, -0.25) is 0 Å². The molecule has 1 heterocycles. The summed E-state index contributed by atoms with van der Waals surface area (Å²) in [5.74, 6) is 0.865. The van der Waals surface area contributed by atoms with Gasteiger partial charge in [0.05, 0.1) is 12.7 Å². The van der Waals surface area contributed by atoms with Crippen LogP contribution in [-0.2, 0) is 0 Å². The molecule has 2 rings (SSSR count). The zero-order valence-corrected chi connectivity index (χ0v) is 11.5. The van der Waals surface area contributed by atoms with Crippen molar-refractivity contribution >= 4 is 11.3 Å². The lowest BCUT2D eigenvalue weighted by atomic mass is 10.1. The first-order valence-corrected chi connectivity index (χ1v) is 6.95. The van der Waals surface area contributed by atoms with Gasteiger partial charge in [-0.15, -0.1) is 11.3 Å². The molecule has 0 radical (unpaired) electrons. The zero-order chi connectivity index (χ0) is 13.0. The van der Waals surface area contributed by atoms with Gasteiger partial charge in [-0.05, 0) is 48.6 Å². The summed E-state index contributed by atoms with van der Waals surface area (Å²) in [5, 5.41) is 12.0. The standard InChI is InChI=1S/C15H18O2S/c1-11-4-3-5-14(8-11)17-7-6-15(16)13-9-12(2)18-10-13/h3-5,8-10,15-16H,6-7H2,1-2H3. The number of aryl methyl sites for hydroxylation is 2. The molecule has 0 aliphatic carbocycles. The number of rotatable bonds is 5. The van der Waals surface area contributed by atoms with E-state index in [0.717, 1.165) is 11.3 Å². The molecule has 1 aromatic heterocycles. The third-order valence-electron chi connectivity index (χ3n) is 2.79. The number of hydrogen-bond donors (Lipinski definition) is 1. The van der Waals surface area contributed by atoms with Gasteiger partial charge < -0.3 is 9.84 Å². The van der Waals surface area contributed by atoms with E-state index < -0.39 is 6.10 Å². The number of benzene rings is 1. The first-order chi connectivity index (χ1) is 8.65. The minimum Gasteiger partial charge on any atom is -0.493 e. The normalized spacial score (nSPS) is 12.4. The van der Waals surface area contributed by atoms with E-state index in [1.807, 2.05) is 49.6 Å². The summed E-state index contributed by atoms with van der Waals surface area (Å²) in [4.78, 5) is 1.23. The van der Waals surface area contributed by atoms with E-state index in [4.69, 9.17) is 4.74 Å². The van der Waals surface area contributed by atoms with Gasteiger partial charge in [0.2, 0.25) is 0 Å². The topological polar surface area (TPSA) is 29.5 Å². The fourth-order valence-electron chi connectivity index (χ4n) is 1.80. The fourth-order valence-corrected chi connectivity index (χ4v) is 2.55. The summed E-state index contributed by atoms with van der Waals surface area (Å²) in [5.41, 5.74) is 2.17. The van der Waals surface area contributed by atoms with Crippen molar-refractivity contribution in [3.05, 3.63) is 51.7 Å². The van der Waals surface area contributed by atoms with Crippen LogP contribution in [0, 0.1) is 13.8 Å². The number of aliphatic hydroxyl groups is 1. The lowest BCUT2D eigenvalue weighted by Crippen LogP contribution is -2.04. The predicted octanol–water partition coefficient (Wildman–Crippen LogP) is 3.87. The molecule has 0 saturated heterocycles. The molecule has 1 atom stereocenters. The van der Waals surface area contributed by atoms with E-state index in [2.05, 4.69) is 0 Å². The Kier molecular flexibility index (Phi) is 4.39. The molecule has 0 fully saturated rings. The average Bonchev–Trinajstić information content (AvgIpc) is 2.76. The van der Waals surface area contributed by atoms with Crippen molar-refractivity contribution in [1.29, 1.82) is 0 Å². The largest absolute Gasteiger partial charge is 0.493 e. The van der Waals surface area contributed by atoms with Crippen molar-refractivity contribution < 1.29 is 9.84 Å². The van der Waals surface area contributed by atoms with Crippen molar-refractivity contribution in [2.45, 2.75) is 26.4 Å². The van der Waals surface area contributed by atoms with E-state index in [-0.39, 0.29) is 0 Å². The van der Waals surface area contributed by atoms with E-state index in [1.54, 1.807) is 11.3 Å². The third kappa shape index (κ3) is 3.59. The maximum Gasteiger partial charge on any atom is 0.119 e. The van der Waals surface area contributed by atoms with Gasteiger partial charge in [0.25, 0.3) is 0 Å². The highest BCUT2D eigenvalue weighted by Crippen LogP contribution is 2.23. The van der Waals surface area contributed by atoms with Crippen LogP contribution >= 0.6 is 11.3 Å². The van der Waals surface area contributed by atoms with E-state index >= 15 is 0 Å². The second-order valence-electron chi connectivity index (χ2n) is 4.46. The highest BCUT2D eigenvalue weighted by atomic mass is 32.1. The van der Waals surface area contributed by atoms with Gasteiger partial charge in [-0.1, -0.05) is 12.1 Å². The first-order valence-electron chi connectivity index (χ1n) is 6.08. The number of hydrogen-bond acceptors (Lipinski definition) is 3. The fraction of sp³-hybridized carbons (Fsp3) is 0.333. The summed E-state index contributed by atoms with van der Waals surface area (Å²) >= 11 is 1.66. The van der Waals surface area contributed by atoms with Crippen LogP contribution in [0.2, 0.25) is 0 Å². The molecule has 0 saturated carbocycles. The van der Waals surface area contributed by atoms with Crippen LogP contribution in [-0.4, -0.2) is 11.7 Å². The molecule has 1 N–H and O–H groups in total. The van der Waals surface area contributed by atoms with Crippen LogP contribution in [0.15, 0.2) is 35.7 Å². The monoisotopic (exact) mass is 262 g/mol. The second kappa shape index (κ2) is 6.03. The molecule has 0 bridgehead atoms. The minimum atomic E-state index is -0.431. The van der Waals surface area contributed by atoms with Gasteiger partial charge in [0.1, 0.15) is 5.75 Å². The zero-order valence-electron chi connectivity index (χ0n) is 10.7. The number of ether oxygens (including phenoxy) is 1. The molecule has 2 aromatic rings. The van der Waals surface area contributed by atoms with Gasteiger partial charge in [-0.25, -0.2) is 0 Å². The Labute approximate surface area is 112 Å². The van der Waals surface area contributed by atoms with Crippen LogP contribution in [0.5, 0.6) is 5.75 Å². The summed E-state index contributed by atoms with van der Waals surface area (Å²) in [6.07, 6.45) is 0.184. The summed E-state index contributed by atoms with van der Waals surface area (Å²) in [7, 11) is 0. The second-order valence-corrected chi connectivity index (χ2v) is 5.58. The van der Waals surface area contributed by atoms with Crippen LogP contribution in [0.25, 0.3) is 0 Å². The van der Waals surface area contributed by atoms with Gasteiger partial charge in [0.15, 0.2) is 0 Å². The van der Waals surface area contributed by atoms with Crippen molar-refractivity contribution in [3.63, 3.8) is 0 Å². The molecule has 1 unspecified atom stereocenters. The number of thiophene rings is 1. The van der Waals surface area contributed by atoms with E-state index in [9.17, 15) is 5.11 Å². The Hall–Kier alpha value is -1.32. The maximum atomic E-state index is 9.99. The molecule has 0 aliphatic heterocycles. The lowest BCUT2D eigenvalue weighted by Gasteiger charge is -2.10. The van der Waals surface area contributed by atoms with Crippen molar-refractivity contribution in [2.75, 3.05) is 6.61 Å². The van der Waals surface area contributed by atoms with Gasteiger partial charge in [-0.2, -0.15) is 0 Å². The molecule has 96 valence electrons. The molecule has 3 heteroatoms. The van der Waals surface area contributed by atoms with E-state index in [1.165, 1.54) is 10.4 Å². The van der Waals surface area contributed by atoms with Gasteiger partial charge in [0, 0.05) is 11.3 Å². The summed E-state index contributed by atoms with van der Waals surface area (Å²) < 4.78 is 5.63.